The molecule has 0 saturated carbocycles. The third kappa shape index (κ3) is 3.35. The normalized spacial score (nSPS) is 13.4. The second-order valence-corrected chi connectivity index (χ2v) is 6.27. The first kappa shape index (κ1) is 17.4. The molecule has 0 atom stereocenters. The third-order valence-electron chi connectivity index (χ3n) is 3.92. The zero-order chi connectivity index (χ0) is 18.1. The van der Waals surface area contributed by atoms with Gasteiger partial charge in [0.25, 0.3) is 11.2 Å². The molecule has 1 amide bonds. The SMILES string of the molecule is O=C(Cn1ncc(Cl)c(Cl)c1=O)N1CCCc2cc([N+](=O)[O-])ccc21. The van der Waals surface area contributed by atoms with Gasteiger partial charge in [-0.3, -0.25) is 19.7 Å². The number of aryl methyl sites for hydroxylation is 1. The van der Waals surface area contributed by atoms with Crippen LogP contribution in [0.2, 0.25) is 10.0 Å². The van der Waals surface area contributed by atoms with Gasteiger partial charge >= 0.3 is 0 Å². The molecule has 0 spiro atoms. The second-order valence-electron chi connectivity index (χ2n) is 5.49. The number of anilines is 1. The van der Waals surface area contributed by atoms with Crippen molar-refractivity contribution in [3.05, 3.63) is 60.5 Å². The van der Waals surface area contributed by atoms with Gasteiger partial charge in [-0.2, -0.15) is 5.10 Å². The lowest BCUT2D eigenvalue weighted by atomic mass is 10.0. The van der Waals surface area contributed by atoms with Crippen LogP contribution in [-0.4, -0.2) is 27.2 Å². The van der Waals surface area contributed by atoms with Crippen LogP contribution in [0.25, 0.3) is 0 Å². The van der Waals surface area contributed by atoms with Gasteiger partial charge in [-0.25, -0.2) is 4.68 Å². The molecule has 0 bridgehead atoms. The van der Waals surface area contributed by atoms with Crippen molar-refractivity contribution in [2.24, 2.45) is 0 Å². The minimum Gasteiger partial charge on any atom is -0.311 e. The van der Waals surface area contributed by atoms with E-state index >= 15 is 0 Å². The van der Waals surface area contributed by atoms with Crippen LogP contribution in [0, 0.1) is 10.1 Å². The minimum absolute atomic E-state index is 0.0181. The summed E-state index contributed by atoms with van der Waals surface area (Å²) >= 11 is 11.5. The standard InChI is InChI=1S/C15H12Cl2N4O4/c16-11-7-18-20(15(23)14(11)17)8-13(22)19-5-1-2-9-6-10(21(24)25)3-4-12(9)19/h3-4,6-7H,1-2,5,8H2. The van der Waals surface area contributed by atoms with Crippen molar-refractivity contribution in [3.63, 3.8) is 0 Å². The molecule has 1 aromatic heterocycles. The number of benzene rings is 1. The molecule has 0 radical (unpaired) electrons. The first-order valence-electron chi connectivity index (χ1n) is 7.37. The van der Waals surface area contributed by atoms with Crippen molar-refractivity contribution in [1.29, 1.82) is 0 Å². The van der Waals surface area contributed by atoms with E-state index in [9.17, 15) is 19.7 Å². The smallest absolute Gasteiger partial charge is 0.287 e. The number of nitrogens with zero attached hydrogens (tertiary/aromatic N) is 4. The molecule has 0 unspecified atom stereocenters. The van der Waals surface area contributed by atoms with Crippen LogP contribution in [0.5, 0.6) is 0 Å². The number of non-ortho nitro benzene ring substituents is 1. The van der Waals surface area contributed by atoms with Gasteiger partial charge in [0.05, 0.1) is 16.1 Å². The second kappa shape index (κ2) is 6.81. The monoisotopic (exact) mass is 382 g/mol. The van der Waals surface area contributed by atoms with Crippen LogP contribution in [0.15, 0.2) is 29.2 Å². The van der Waals surface area contributed by atoms with Gasteiger partial charge in [-0.05, 0) is 24.5 Å². The van der Waals surface area contributed by atoms with Crippen molar-refractivity contribution in [1.82, 2.24) is 9.78 Å². The molecule has 2 heterocycles. The van der Waals surface area contributed by atoms with Gasteiger partial charge in [0.2, 0.25) is 5.91 Å². The maximum Gasteiger partial charge on any atom is 0.287 e. The molecular weight excluding hydrogens is 371 g/mol. The summed E-state index contributed by atoms with van der Waals surface area (Å²) in [7, 11) is 0. The number of hydrogen-bond donors (Lipinski definition) is 0. The number of carbonyl (C=O) groups excluding carboxylic acids is 1. The third-order valence-corrected chi connectivity index (χ3v) is 4.67. The van der Waals surface area contributed by atoms with E-state index in [0.29, 0.717) is 25.1 Å². The fourth-order valence-corrected chi connectivity index (χ4v) is 3.00. The van der Waals surface area contributed by atoms with Gasteiger partial charge in [0, 0.05) is 24.4 Å². The van der Waals surface area contributed by atoms with Gasteiger partial charge in [-0.15, -0.1) is 0 Å². The summed E-state index contributed by atoms with van der Waals surface area (Å²) in [4.78, 5) is 36.5. The van der Waals surface area contributed by atoms with E-state index in [1.165, 1.54) is 23.2 Å². The molecule has 1 aliphatic heterocycles. The van der Waals surface area contributed by atoms with Gasteiger partial charge in [0.15, 0.2) is 0 Å². The fraction of sp³-hybridized carbons (Fsp3) is 0.267. The average Bonchev–Trinajstić information content (AvgIpc) is 2.61. The number of carbonyl (C=O) groups is 1. The number of halogens is 2. The van der Waals surface area contributed by atoms with Crippen LogP contribution in [0.3, 0.4) is 0 Å². The summed E-state index contributed by atoms with van der Waals surface area (Å²) in [5, 5.41) is 14.5. The highest BCUT2D eigenvalue weighted by molar-refractivity contribution is 6.41. The average molecular weight is 383 g/mol. The molecule has 0 fully saturated rings. The lowest BCUT2D eigenvalue weighted by molar-refractivity contribution is -0.384. The Balaban J connectivity index is 1.89. The lowest BCUT2D eigenvalue weighted by Crippen LogP contribution is -2.40. The Morgan fingerprint density at radius 2 is 2.12 bits per heavy atom. The van der Waals surface area contributed by atoms with Gasteiger partial charge in [0.1, 0.15) is 11.6 Å². The van der Waals surface area contributed by atoms with E-state index in [-0.39, 0.29) is 28.2 Å². The van der Waals surface area contributed by atoms with Gasteiger partial charge in [-0.1, -0.05) is 23.2 Å². The van der Waals surface area contributed by atoms with Crippen LogP contribution >= 0.6 is 23.2 Å². The quantitative estimate of drug-likeness (QED) is 0.599. The Hall–Kier alpha value is -2.45. The zero-order valence-corrected chi connectivity index (χ0v) is 14.3. The summed E-state index contributed by atoms with van der Waals surface area (Å²) in [5.74, 6) is -0.359. The molecule has 2 aromatic rings. The van der Waals surface area contributed by atoms with E-state index in [2.05, 4.69) is 5.10 Å². The molecule has 1 aliphatic rings. The Labute approximate surface area is 151 Å². The number of hydrogen-bond acceptors (Lipinski definition) is 5. The van der Waals surface area contributed by atoms with E-state index < -0.39 is 10.5 Å². The first-order chi connectivity index (χ1) is 11.9. The molecular formula is C15H12Cl2N4O4. The van der Waals surface area contributed by atoms with Crippen molar-refractivity contribution in [3.8, 4) is 0 Å². The Kier molecular flexibility index (Phi) is 4.73. The predicted molar refractivity (Wildman–Crippen MR) is 92.3 cm³/mol. The fourth-order valence-electron chi connectivity index (χ4n) is 2.73. The van der Waals surface area contributed by atoms with Crippen LogP contribution in [-0.2, 0) is 17.8 Å². The predicted octanol–water partition coefficient (Wildman–Crippen LogP) is 2.44. The molecule has 25 heavy (non-hydrogen) atoms. The van der Waals surface area contributed by atoms with E-state index in [1.807, 2.05) is 0 Å². The molecule has 8 nitrogen and oxygen atoms in total. The molecule has 0 N–H and O–H groups in total. The Morgan fingerprint density at radius 1 is 1.36 bits per heavy atom. The maximum atomic E-state index is 12.6. The topological polar surface area (TPSA) is 98.3 Å². The summed E-state index contributed by atoms with van der Waals surface area (Å²) < 4.78 is 0.941. The Morgan fingerprint density at radius 3 is 2.84 bits per heavy atom. The van der Waals surface area contributed by atoms with Crippen molar-refractivity contribution < 1.29 is 9.72 Å². The highest BCUT2D eigenvalue weighted by atomic mass is 35.5. The highest BCUT2D eigenvalue weighted by Gasteiger charge is 2.25. The summed E-state index contributed by atoms with van der Waals surface area (Å²) in [5.41, 5.74) is 0.664. The molecule has 0 aliphatic carbocycles. The molecule has 1 aromatic carbocycles. The molecule has 3 rings (SSSR count). The van der Waals surface area contributed by atoms with Crippen molar-refractivity contribution >= 4 is 40.5 Å². The van der Waals surface area contributed by atoms with Crippen LogP contribution in [0.1, 0.15) is 12.0 Å². The summed E-state index contributed by atoms with van der Waals surface area (Å²) in [6, 6.07) is 4.38. The first-order valence-corrected chi connectivity index (χ1v) is 8.13. The van der Waals surface area contributed by atoms with E-state index in [1.54, 1.807) is 6.07 Å². The maximum absolute atomic E-state index is 12.6. The zero-order valence-electron chi connectivity index (χ0n) is 12.8. The summed E-state index contributed by atoms with van der Waals surface area (Å²) in [6.45, 7) is 0.159. The molecule has 0 saturated heterocycles. The highest BCUT2D eigenvalue weighted by Crippen LogP contribution is 2.30. The largest absolute Gasteiger partial charge is 0.311 e. The minimum atomic E-state index is -0.650. The molecule has 130 valence electrons. The lowest BCUT2D eigenvalue weighted by Gasteiger charge is -2.29. The number of aromatic nitrogens is 2. The number of amides is 1. The number of fused-ring (bicyclic) bond motifs is 1. The number of nitro groups is 1. The van der Waals surface area contributed by atoms with E-state index in [0.717, 1.165) is 10.2 Å². The summed E-state index contributed by atoms with van der Waals surface area (Å²) in [6.07, 6.45) is 2.52. The van der Waals surface area contributed by atoms with Crippen LogP contribution < -0.4 is 10.5 Å². The van der Waals surface area contributed by atoms with Crippen LogP contribution in [0.4, 0.5) is 11.4 Å². The number of rotatable bonds is 3. The Bertz CT molecular complexity index is 928. The van der Waals surface area contributed by atoms with Crippen molar-refractivity contribution in [2.45, 2.75) is 19.4 Å². The molecule has 10 heteroatoms. The van der Waals surface area contributed by atoms with E-state index in [4.69, 9.17) is 23.2 Å². The number of nitro benzene ring substituents is 1. The van der Waals surface area contributed by atoms with Gasteiger partial charge < -0.3 is 4.90 Å². The van der Waals surface area contributed by atoms with Crippen molar-refractivity contribution in [2.75, 3.05) is 11.4 Å².